The lowest BCUT2D eigenvalue weighted by atomic mass is 10.1. The molecule has 2 aromatic carbocycles. The van der Waals surface area contributed by atoms with E-state index < -0.39 is 5.97 Å². The number of nitrogens with zero attached hydrogens (tertiary/aromatic N) is 1. The van der Waals surface area contributed by atoms with Crippen molar-refractivity contribution in [2.24, 2.45) is 0 Å². The Labute approximate surface area is 156 Å². The third kappa shape index (κ3) is 4.03. The molecule has 0 atom stereocenters. The summed E-state index contributed by atoms with van der Waals surface area (Å²) < 4.78 is 15.8. The fraction of sp³-hybridized carbons (Fsp3) is 0.200. The molecular weight excluding hydrogens is 350 g/mol. The van der Waals surface area contributed by atoms with E-state index in [1.54, 1.807) is 19.2 Å². The molecule has 0 aliphatic carbocycles. The maximum absolute atomic E-state index is 12.4. The van der Waals surface area contributed by atoms with Gasteiger partial charge in [0.2, 0.25) is 0 Å². The lowest BCUT2D eigenvalue weighted by Gasteiger charge is -2.08. The van der Waals surface area contributed by atoms with Gasteiger partial charge in [-0.25, -0.2) is 9.78 Å². The molecule has 26 heavy (non-hydrogen) atoms. The van der Waals surface area contributed by atoms with Gasteiger partial charge in [-0.1, -0.05) is 11.6 Å². The van der Waals surface area contributed by atoms with Crippen molar-refractivity contribution in [3.05, 3.63) is 64.7 Å². The number of thiazole rings is 1. The van der Waals surface area contributed by atoms with Crippen molar-refractivity contribution in [2.45, 2.75) is 13.5 Å². The number of carbonyl (C=O) groups excluding carboxylic acids is 1. The summed E-state index contributed by atoms with van der Waals surface area (Å²) in [6.45, 7) is 2.03. The summed E-state index contributed by atoms with van der Waals surface area (Å²) in [5.41, 5.74) is 3.08. The van der Waals surface area contributed by atoms with Crippen LogP contribution in [0.15, 0.2) is 47.8 Å². The van der Waals surface area contributed by atoms with Gasteiger partial charge in [0.05, 0.1) is 19.9 Å². The fourth-order valence-electron chi connectivity index (χ4n) is 2.44. The van der Waals surface area contributed by atoms with Crippen LogP contribution in [-0.4, -0.2) is 25.2 Å². The van der Waals surface area contributed by atoms with Gasteiger partial charge in [-0.15, -0.1) is 11.3 Å². The van der Waals surface area contributed by atoms with Crippen LogP contribution < -0.4 is 9.47 Å². The number of aryl methyl sites for hydroxylation is 1. The SMILES string of the molecule is COc1ccc(-c2nc(COC(=O)c3cc(C)ccc3OC)cs2)cc1. The average Bonchev–Trinajstić information content (AvgIpc) is 3.15. The molecule has 0 aliphatic rings. The highest BCUT2D eigenvalue weighted by molar-refractivity contribution is 7.13. The zero-order valence-electron chi connectivity index (χ0n) is 14.8. The second-order valence-electron chi connectivity index (χ2n) is 5.65. The molecule has 0 amide bonds. The first kappa shape index (κ1) is 17.9. The largest absolute Gasteiger partial charge is 0.497 e. The molecule has 0 bridgehead atoms. The Bertz CT molecular complexity index is 902. The van der Waals surface area contributed by atoms with E-state index in [2.05, 4.69) is 4.98 Å². The van der Waals surface area contributed by atoms with Crippen molar-refractivity contribution in [3.63, 3.8) is 0 Å². The third-order valence-electron chi connectivity index (χ3n) is 3.81. The second-order valence-corrected chi connectivity index (χ2v) is 6.51. The molecule has 0 aliphatic heterocycles. The smallest absolute Gasteiger partial charge is 0.342 e. The quantitative estimate of drug-likeness (QED) is 0.599. The Kier molecular flexibility index (Phi) is 5.53. The van der Waals surface area contributed by atoms with Crippen molar-refractivity contribution in [1.82, 2.24) is 4.98 Å². The average molecular weight is 369 g/mol. The third-order valence-corrected chi connectivity index (χ3v) is 4.75. The minimum Gasteiger partial charge on any atom is -0.497 e. The molecule has 0 unspecified atom stereocenters. The van der Waals surface area contributed by atoms with Crippen LogP contribution in [0.2, 0.25) is 0 Å². The van der Waals surface area contributed by atoms with Gasteiger partial charge in [0.15, 0.2) is 0 Å². The lowest BCUT2D eigenvalue weighted by molar-refractivity contribution is 0.0464. The second kappa shape index (κ2) is 8.01. The van der Waals surface area contributed by atoms with Crippen molar-refractivity contribution < 1.29 is 19.0 Å². The van der Waals surface area contributed by atoms with Crippen LogP contribution in [-0.2, 0) is 11.3 Å². The number of benzene rings is 2. The van der Waals surface area contributed by atoms with Gasteiger partial charge >= 0.3 is 5.97 Å². The van der Waals surface area contributed by atoms with E-state index in [1.807, 2.05) is 42.6 Å². The van der Waals surface area contributed by atoms with Crippen molar-refractivity contribution in [2.75, 3.05) is 14.2 Å². The molecule has 1 heterocycles. The predicted octanol–water partition coefficient (Wildman–Crippen LogP) is 4.49. The maximum Gasteiger partial charge on any atom is 0.342 e. The van der Waals surface area contributed by atoms with Crippen molar-refractivity contribution in [3.8, 4) is 22.1 Å². The molecule has 134 valence electrons. The van der Waals surface area contributed by atoms with E-state index in [1.165, 1.54) is 18.4 Å². The van der Waals surface area contributed by atoms with Crippen LogP contribution in [0.3, 0.4) is 0 Å². The summed E-state index contributed by atoms with van der Waals surface area (Å²) in [6.07, 6.45) is 0. The topological polar surface area (TPSA) is 57.7 Å². The number of hydrogen-bond acceptors (Lipinski definition) is 6. The molecule has 5 nitrogen and oxygen atoms in total. The highest BCUT2D eigenvalue weighted by Crippen LogP contribution is 2.26. The van der Waals surface area contributed by atoms with Crippen molar-refractivity contribution in [1.29, 1.82) is 0 Å². The summed E-state index contributed by atoms with van der Waals surface area (Å²) in [4.78, 5) is 16.9. The lowest BCUT2D eigenvalue weighted by Crippen LogP contribution is -2.07. The Morgan fingerprint density at radius 3 is 2.54 bits per heavy atom. The number of hydrogen-bond donors (Lipinski definition) is 0. The van der Waals surface area contributed by atoms with Crippen LogP contribution >= 0.6 is 11.3 Å². The molecular formula is C20H19NO4S. The summed E-state index contributed by atoms with van der Waals surface area (Å²) in [5.74, 6) is 0.869. The summed E-state index contributed by atoms with van der Waals surface area (Å²) in [5, 5.41) is 2.76. The van der Waals surface area contributed by atoms with Gasteiger partial charge in [-0.3, -0.25) is 0 Å². The number of carbonyl (C=O) groups is 1. The number of aromatic nitrogens is 1. The zero-order chi connectivity index (χ0) is 18.5. The first-order chi connectivity index (χ1) is 12.6. The van der Waals surface area contributed by atoms with E-state index >= 15 is 0 Å². The predicted molar refractivity (Wildman–Crippen MR) is 101 cm³/mol. The Hall–Kier alpha value is -2.86. The fourth-order valence-corrected chi connectivity index (χ4v) is 3.25. The van der Waals surface area contributed by atoms with Gasteiger partial charge in [-0.2, -0.15) is 0 Å². The van der Waals surface area contributed by atoms with Gasteiger partial charge in [-0.05, 0) is 43.3 Å². The van der Waals surface area contributed by atoms with E-state index in [9.17, 15) is 4.79 Å². The summed E-state index contributed by atoms with van der Waals surface area (Å²) >= 11 is 1.51. The number of methoxy groups -OCH3 is 2. The molecule has 0 fully saturated rings. The van der Waals surface area contributed by atoms with Crippen LogP contribution in [0.4, 0.5) is 0 Å². The molecule has 3 aromatic rings. The summed E-state index contributed by atoms with van der Waals surface area (Å²) in [7, 11) is 3.16. The Balaban J connectivity index is 1.68. The molecule has 0 spiro atoms. The summed E-state index contributed by atoms with van der Waals surface area (Å²) in [6, 6.07) is 13.1. The molecule has 0 radical (unpaired) electrons. The monoisotopic (exact) mass is 369 g/mol. The highest BCUT2D eigenvalue weighted by Gasteiger charge is 2.15. The van der Waals surface area contributed by atoms with Crippen LogP contribution in [0.1, 0.15) is 21.6 Å². The van der Waals surface area contributed by atoms with E-state index in [4.69, 9.17) is 14.2 Å². The molecule has 3 rings (SSSR count). The normalized spacial score (nSPS) is 10.4. The first-order valence-electron chi connectivity index (χ1n) is 8.01. The van der Waals surface area contributed by atoms with Gasteiger partial charge in [0.1, 0.15) is 28.7 Å². The highest BCUT2D eigenvalue weighted by atomic mass is 32.1. The van der Waals surface area contributed by atoms with E-state index in [0.29, 0.717) is 17.0 Å². The standard InChI is InChI=1S/C20H19NO4S/c1-13-4-9-18(24-3)17(10-13)20(22)25-11-15-12-26-19(21-15)14-5-7-16(23-2)8-6-14/h4-10,12H,11H2,1-3H3. The van der Waals surface area contributed by atoms with Gasteiger partial charge < -0.3 is 14.2 Å². The van der Waals surface area contributed by atoms with Crippen LogP contribution in [0, 0.1) is 6.92 Å². The number of esters is 1. The zero-order valence-corrected chi connectivity index (χ0v) is 15.6. The number of ether oxygens (including phenoxy) is 3. The van der Waals surface area contributed by atoms with E-state index in [0.717, 1.165) is 21.9 Å². The van der Waals surface area contributed by atoms with Gasteiger partial charge in [0, 0.05) is 10.9 Å². The molecule has 1 aromatic heterocycles. The minimum atomic E-state index is -0.426. The van der Waals surface area contributed by atoms with Crippen LogP contribution in [0.25, 0.3) is 10.6 Å². The van der Waals surface area contributed by atoms with Gasteiger partial charge in [0.25, 0.3) is 0 Å². The van der Waals surface area contributed by atoms with E-state index in [-0.39, 0.29) is 6.61 Å². The maximum atomic E-state index is 12.4. The minimum absolute atomic E-state index is 0.114. The Morgan fingerprint density at radius 1 is 1.08 bits per heavy atom. The Morgan fingerprint density at radius 2 is 1.85 bits per heavy atom. The molecule has 0 saturated heterocycles. The van der Waals surface area contributed by atoms with Crippen LogP contribution in [0.5, 0.6) is 11.5 Å². The first-order valence-corrected chi connectivity index (χ1v) is 8.89. The number of rotatable bonds is 6. The molecule has 0 saturated carbocycles. The molecule has 0 N–H and O–H groups in total. The van der Waals surface area contributed by atoms with Crippen molar-refractivity contribution >= 4 is 17.3 Å². The molecule has 6 heteroatoms.